The van der Waals surface area contributed by atoms with E-state index in [1.165, 1.54) is 24.0 Å². The quantitative estimate of drug-likeness (QED) is 0.0427. The number of hydrogen-bond acceptors (Lipinski definition) is 6. The molecule has 5 atom stereocenters. The fourth-order valence-electron chi connectivity index (χ4n) is 6.92. The first kappa shape index (κ1) is 37.9. The van der Waals surface area contributed by atoms with Crippen LogP contribution in [0.15, 0.2) is 58.2 Å². The minimum absolute atomic E-state index is 0.178. The summed E-state index contributed by atoms with van der Waals surface area (Å²) in [7, 11) is 0. The van der Waals surface area contributed by atoms with Gasteiger partial charge in [-0.2, -0.15) is 0 Å². The predicted molar refractivity (Wildman–Crippen MR) is 179 cm³/mol. The van der Waals surface area contributed by atoms with E-state index in [2.05, 4.69) is 39.8 Å². The van der Waals surface area contributed by atoms with E-state index in [4.69, 9.17) is 9.47 Å². The molecule has 1 aliphatic carbocycles. The Morgan fingerprint density at radius 1 is 1.07 bits per heavy atom. The van der Waals surface area contributed by atoms with E-state index < -0.39 is 17.3 Å². The summed E-state index contributed by atoms with van der Waals surface area (Å²) in [5, 5.41) is 23.3. The van der Waals surface area contributed by atoms with Gasteiger partial charge >= 0.3 is 5.97 Å². The zero-order valence-electron chi connectivity index (χ0n) is 28.6. The van der Waals surface area contributed by atoms with Gasteiger partial charge < -0.3 is 19.7 Å². The molecule has 1 saturated heterocycles. The lowest BCUT2D eigenvalue weighted by Gasteiger charge is -2.54. The van der Waals surface area contributed by atoms with Gasteiger partial charge in [-0.15, -0.1) is 0 Å². The van der Waals surface area contributed by atoms with Crippen LogP contribution in [0.25, 0.3) is 0 Å². The van der Waals surface area contributed by atoms with E-state index in [9.17, 15) is 19.8 Å². The average Bonchev–Trinajstić information content (AvgIpc) is 3.28. The van der Waals surface area contributed by atoms with Crippen molar-refractivity contribution in [3.63, 3.8) is 0 Å². The Kier molecular flexibility index (Phi) is 16.1. The lowest BCUT2D eigenvalue weighted by molar-refractivity contribution is -0.219. The SMILES string of the molecule is CCCCCCCC(=O)OCCCC1C(=C(C)C=O)CCC(C)(O)C12CC(C=C(C)C=CC=C(C)CCC=C(C)C)OC2O. The highest BCUT2D eigenvalue weighted by Crippen LogP contribution is 2.60. The standard InChI is InChI=1S/C38H60O6/c1-8-9-10-11-12-21-35(40)43-24-15-20-34-33(31(6)27-39)22-23-37(7,42)38(34)26-32(44-36(38)41)25-30(5)19-14-18-29(4)17-13-16-28(2)3/h14,16,18-19,25,27,32,34,36,41-42H,8-13,15,17,20-24,26H2,1-7H3. The summed E-state index contributed by atoms with van der Waals surface area (Å²) in [6.07, 6.45) is 20.2. The fourth-order valence-corrected chi connectivity index (χ4v) is 6.92. The number of rotatable bonds is 17. The van der Waals surface area contributed by atoms with Gasteiger partial charge in [0.15, 0.2) is 6.29 Å². The molecule has 248 valence electrons. The van der Waals surface area contributed by atoms with E-state index in [1.807, 2.05) is 32.1 Å². The molecule has 2 rings (SSSR count). The molecule has 1 saturated carbocycles. The molecule has 6 heteroatoms. The van der Waals surface area contributed by atoms with Crippen LogP contribution in [0.4, 0.5) is 0 Å². The molecule has 0 amide bonds. The molecule has 1 heterocycles. The zero-order chi connectivity index (χ0) is 32.8. The number of unbranched alkanes of at least 4 members (excludes halogenated alkanes) is 4. The molecule has 6 nitrogen and oxygen atoms in total. The van der Waals surface area contributed by atoms with Crippen LogP contribution in [0, 0.1) is 11.3 Å². The van der Waals surface area contributed by atoms with Gasteiger partial charge in [0.1, 0.15) is 6.29 Å². The number of hydrogen-bond donors (Lipinski definition) is 2. The fraction of sp³-hybridized carbons (Fsp3) is 0.684. The minimum atomic E-state index is -1.20. The van der Waals surface area contributed by atoms with Gasteiger partial charge in [-0.1, -0.05) is 85.3 Å². The van der Waals surface area contributed by atoms with E-state index in [0.717, 1.165) is 49.5 Å². The second kappa shape index (κ2) is 18.6. The number of carbonyl (C=O) groups excluding carboxylic acids is 2. The summed E-state index contributed by atoms with van der Waals surface area (Å²) >= 11 is 0. The molecular formula is C38H60O6. The Bertz CT molecular complexity index is 1090. The molecule has 1 spiro atoms. The van der Waals surface area contributed by atoms with Crippen LogP contribution < -0.4 is 0 Å². The number of carbonyl (C=O) groups is 2. The van der Waals surface area contributed by atoms with Gasteiger partial charge in [-0.05, 0) is 104 Å². The highest BCUT2D eigenvalue weighted by molar-refractivity contribution is 5.74. The largest absolute Gasteiger partial charge is 0.466 e. The molecule has 5 unspecified atom stereocenters. The highest BCUT2D eigenvalue weighted by Gasteiger charge is 2.64. The molecule has 0 aromatic heterocycles. The summed E-state index contributed by atoms with van der Waals surface area (Å²) in [5.41, 5.74) is 3.08. The van der Waals surface area contributed by atoms with Crippen LogP contribution in [0.2, 0.25) is 0 Å². The maximum absolute atomic E-state index is 12.3. The first-order chi connectivity index (χ1) is 20.9. The number of aldehydes is 1. The van der Waals surface area contributed by atoms with Crippen molar-refractivity contribution in [3.8, 4) is 0 Å². The molecule has 0 aromatic carbocycles. The third-order valence-electron chi connectivity index (χ3n) is 9.56. The predicted octanol–water partition coefficient (Wildman–Crippen LogP) is 8.64. The van der Waals surface area contributed by atoms with Crippen LogP contribution in [-0.4, -0.2) is 47.1 Å². The van der Waals surface area contributed by atoms with Gasteiger partial charge in [0, 0.05) is 6.42 Å². The van der Waals surface area contributed by atoms with Crippen LogP contribution >= 0.6 is 0 Å². The Morgan fingerprint density at radius 2 is 1.80 bits per heavy atom. The molecular weight excluding hydrogens is 552 g/mol. The van der Waals surface area contributed by atoms with Crippen molar-refractivity contribution in [1.82, 2.24) is 0 Å². The van der Waals surface area contributed by atoms with Crippen molar-refractivity contribution in [2.24, 2.45) is 11.3 Å². The maximum atomic E-state index is 12.3. The Balaban J connectivity index is 2.16. The van der Waals surface area contributed by atoms with Crippen LogP contribution in [-0.2, 0) is 19.1 Å². The Hall–Kier alpha value is -2.28. The summed E-state index contributed by atoms with van der Waals surface area (Å²) < 4.78 is 11.7. The summed E-state index contributed by atoms with van der Waals surface area (Å²) in [4.78, 5) is 24.2. The van der Waals surface area contributed by atoms with E-state index in [0.29, 0.717) is 44.1 Å². The number of aliphatic hydroxyl groups excluding tert-OH is 1. The minimum Gasteiger partial charge on any atom is -0.466 e. The Morgan fingerprint density at radius 3 is 2.48 bits per heavy atom. The molecule has 2 aliphatic rings. The molecule has 0 aromatic rings. The van der Waals surface area contributed by atoms with E-state index in [-0.39, 0.29) is 24.6 Å². The van der Waals surface area contributed by atoms with Gasteiger partial charge in [-0.3, -0.25) is 9.59 Å². The van der Waals surface area contributed by atoms with Crippen LogP contribution in [0.1, 0.15) is 132 Å². The topological polar surface area (TPSA) is 93.1 Å². The number of esters is 1. The van der Waals surface area contributed by atoms with E-state index >= 15 is 0 Å². The van der Waals surface area contributed by atoms with Crippen LogP contribution in [0.5, 0.6) is 0 Å². The molecule has 2 N–H and O–H groups in total. The number of allylic oxidation sites excluding steroid dienone is 9. The van der Waals surface area contributed by atoms with Crippen molar-refractivity contribution in [1.29, 1.82) is 0 Å². The van der Waals surface area contributed by atoms with Gasteiger partial charge in [0.25, 0.3) is 0 Å². The first-order valence-corrected chi connectivity index (χ1v) is 16.9. The zero-order valence-corrected chi connectivity index (χ0v) is 28.6. The Labute approximate surface area is 267 Å². The van der Waals surface area contributed by atoms with Crippen LogP contribution in [0.3, 0.4) is 0 Å². The monoisotopic (exact) mass is 612 g/mol. The molecule has 44 heavy (non-hydrogen) atoms. The maximum Gasteiger partial charge on any atom is 0.305 e. The van der Waals surface area contributed by atoms with Crippen molar-refractivity contribution >= 4 is 12.3 Å². The first-order valence-electron chi connectivity index (χ1n) is 16.9. The van der Waals surface area contributed by atoms with Crippen molar-refractivity contribution < 1.29 is 29.3 Å². The third kappa shape index (κ3) is 11.0. The van der Waals surface area contributed by atoms with E-state index in [1.54, 1.807) is 6.92 Å². The molecule has 0 bridgehead atoms. The van der Waals surface area contributed by atoms with Gasteiger partial charge in [-0.25, -0.2) is 0 Å². The molecule has 0 radical (unpaired) electrons. The molecule has 2 fully saturated rings. The molecule has 1 aliphatic heterocycles. The smallest absolute Gasteiger partial charge is 0.305 e. The second-order valence-electron chi connectivity index (χ2n) is 13.6. The number of aliphatic hydroxyl groups is 2. The van der Waals surface area contributed by atoms with Crippen molar-refractivity contribution in [2.45, 2.75) is 150 Å². The summed E-state index contributed by atoms with van der Waals surface area (Å²) in [6, 6.07) is 0. The number of ether oxygens (including phenoxy) is 2. The average molecular weight is 613 g/mol. The van der Waals surface area contributed by atoms with Gasteiger partial charge in [0.05, 0.1) is 23.7 Å². The lowest BCUT2D eigenvalue weighted by atomic mass is 9.53. The van der Waals surface area contributed by atoms with Gasteiger partial charge in [0.2, 0.25) is 0 Å². The van der Waals surface area contributed by atoms with Crippen molar-refractivity contribution in [2.75, 3.05) is 6.61 Å². The third-order valence-corrected chi connectivity index (χ3v) is 9.56. The highest BCUT2D eigenvalue weighted by atomic mass is 16.6. The van der Waals surface area contributed by atoms with Crippen molar-refractivity contribution in [3.05, 3.63) is 58.2 Å². The normalized spacial score (nSPS) is 28.9. The lowest BCUT2D eigenvalue weighted by Crippen LogP contribution is -2.58. The second-order valence-corrected chi connectivity index (χ2v) is 13.6. The summed E-state index contributed by atoms with van der Waals surface area (Å²) in [6.45, 7) is 14.4. The summed E-state index contributed by atoms with van der Waals surface area (Å²) in [5.74, 6) is -0.456.